The lowest BCUT2D eigenvalue weighted by molar-refractivity contribution is -0.0438. The molecular formula is C24H18F3N5. The highest BCUT2D eigenvalue weighted by Gasteiger charge is 2.55. The maximum atomic E-state index is 15.2. The van der Waals surface area contributed by atoms with Crippen LogP contribution < -0.4 is 4.90 Å². The van der Waals surface area contributed by atoms with Crippen molar-refractivity contribution < 1.29 is 13.2 Å². The maximum absolute atomic E-state index is 15.2. The molecule has 4 aromatic rings. The minimum Gasteiger partial charge on any atom is -0.342 e. The molecule has 2 atom stereocenters. The second kappa shape index (κ2) is 7.38. The topological polar surface area (TPSA) is 57.2 Å². The summed E-state index contributed by atoms with van der Waals surface area (Å²) in [5.74, 6) is -4.23. The number of hydrogen-bond donors (Lipinski definition) is 0. The van der Waals surface area contributed by atoms with Crippen molar-refractivity contribution in [2.45, 2.75) is 18.9 Å². The Balaban J connectivity index is 1.63. The molecule has 0 saturated carbocycles. The molecule has 1 saturated heterocycles. The van der Waals surface area contributed by atoms with Gasteiger partial charge in [-0.25, -0.2) is 22.7 Å². The molecule has 5 nitrogen and oxygen atoms in total. The Morgan fingerprint density at radius 1 is 1.09 bits per heavy atom. The zero-order valence-electron chi connectivity index (χ0n) is 17.1. The van der Waals surface area contributed by atoms with Gasteiger partial charge in [-0.05, 0) is 42.0 Å². The van der Waals surface area contributed by atoms with Gasteiger partial charge in [-0.3, -0.25) is 0 Å². The van der Waals surface area contributed by atoms with Crippen LogP contribution in [-0.4, -0.2) is 27.1 Å². The van der Waals surface area contributed by atoms with E-state index >= 15 is 8.78 Å². The smallest absolute Gasteiger partial charge is 0.276 e. The first-order valence-corrected chi connectivity index (χ1v) is 10.1. The van der Waals surface area contributed by atoms with Crippen molar-refractivity contribution in [3.05, 3.63) is 83.8 Å². The Hall–Kier alpha value is -3.86. The Morgan fingerprint density at radius 3 is 2.69 bits per heavy atom. The van der Waals surface area contributed by atoms with Gasteiger partial charge in [-0.1, -0.05) is 31.2 Å². The molecule has 5 rings (SSSR count). The predicted molar refractivity (Wildman–Crippen MR) is 114 cm³/mol. The van der Waals surface area contributed by atoms with Crippen LogP contribution in [-0.2, 0) is 0 Å². The number of rotatable bonds is 3. The average Bonchev–Trinajstić information content (AvgIpc) is 3.31. The van der Waals surface area contributed by atoms with E-state index in [9.17, 15) is 9.65 Å². The van der Waals surface area contributed by atoms with Gasteiger partial charge < -0.3 is 4.90 Å². The Labute approximate surface area is 182 Å². The van der Waals surface area contributed by atoms with Gasteiger partial charge in [0.25, 0.3) is 5.92 Å². The van der Waals surface area contributed by atoms with E-state index in [2.05, 4.69) is 16.2 Å². The molecule has 1 fully saturated rings. The summed E-state index contributed by atoms with van der Waals surface area (Å²) in [5.41, 5.74) is 2.62. The van der Waals surface area contributed by atoms with Gasteiger partial charge in [0.2, 0.25) is 0 Å². The molecule has 0 N–H and O–H groups in total. The zero-order valence-corrected chi connectivity index (χ0v) is 17.1. The van der Waals surface area contributed by atoms with Crippen molar-refractivity contribution in [2.24, 2.45) is 5.92 Å². The lowest BCUT2D eigenvalue weighted by Gasteiger charge is -2.29. The standard InChI is InChI=1S/C24H18F3N5/c1-15-14-31(23(24(15,26)27)18-6-3-7-19(25)11-18)22-9-8-21-29-13-20(32(21)30-22)17-5-2-4-16(10-17)12-28/h2-11,13,15,23H,14H2,1H3/t15-,23+/m0/s1. The summed E-state index contributed by atoms with van der Waals surface area (Å²) in [6.07, 6.45) is 1.63. The first-order chi connectivity index (χ1) is 15.4. The van der Waals surface area contributed by atoms with Crippen LogP contribution in [0.15, 0.2) is 66.9 Å². The fourth-order valence-corrected chi connectivity index (χ4v) is 4.27. The number of anilines is 1. The minimum absolute atomic E-state index is 0.0701. The Bertz CT molecular complexity index is 1360. The highest BCUT2D eigenvalue weighted by Crippen LogP contribution is 2.49. The molecule has 2 aromatic heterocycles. The molecule has 0 aliphatic carbocycles. The first kappa shape index (κ1) is 20.1. The molecule has 1 aliphatic heterocycles. The third-order valence-electron chi connectivity index (χ3n) is 5.90. The van der Waals surface area contributed by atoms with Crippen LogP contribution in [0.1, 0.15) is 24.1 Å². The van der Waals surface area contributed by atoms with Crippen molar-refractivity contribution in [3.63, 3.8) is 0 Å². The van der Waals surface area contributed by atoms with Gasteiger partial charge in [0.15, 0.2) is 5.65 Å². The van der Waals surface area contributed by atoms with Crippen LogP contribution in [0.2, 0.25) is 0 Å². The fourth-order valence-electron chi connectivity index (χ4n) is 4.27. The molecule has 0 bridgehead atoms. The van der Waals surface area contributed by atoms with Crippen LogP contribution in [0.5, 0.6) is 0 Å². The van der Waals surface area contributed by atoms with Gasteiger partial charge in [-0.2, -0.15) is 5.26 Å². The lowest BCUT2D eigenvalue weighted by Crippen LogP contribution is -2.33. The SMILES string of the molecule is C[C@H]1CN(c2ccc3ncc(-c4cccc(C#N)c4)n3n2)[C@H](c2cccc(F)c2)C1(F)F. The molecule has 32 heavy (non-hydrogen) atoms. The van der Waals surface area contributed by atoms with E-state index in [1.807, 2.05) is 6.07 Å². The molecule has 2 aromatic carbocycles. The molecule has 1 aliphatic rings. The summed E-state index contributed by atoms with van der Waals surface area (Å²) < 4.78 is 45.8. The second-order valence-corrected chi connectivity index (χ2v) is 7.98. The van der Waals surface area contributed by atoms with Crippen LogP contribution in [0.3, 0.4) is 0 Å². The van der Waals surface area contributed by atoms with Crippen LogP contribution in [0, 0.1) is 23.1 Å². The van der Waals surface area contributed by atoms with Gasteiger partial charge in [0.05, 0.1) is 23.5 Å². The zero-order chi connectivity index (χ0) is 22.5. The molecule has 0 radical (unpaired) electrons. The van der Waals surface area contributed by atoms with Crippen LogP contribution in [0.4, 0.5) is 19.0 Å². The quantitative estimate of drug-likeness (QED) is 0.443. The highest BCUT2D eigenvalue weighted by atomic mass is 19.3. The Morgan fingerprint density at radius 2 is 1.91 bits per heavy atom. The van der Waals surface area contributed by atoms with Crippen molar-refractivity contribution in [1.29, 1.82) is 5.26 Å². The number of aromatic nitrogens is 3. The van der Waals surface area contributed by atoms with E-state index in [1.54, 1.807) is 41.0 Å². The normalized spacial score (nSPS) is 19.9. The second-order valence-electron chi connectivity index (χ2n) is 7.98. The summed E-state index contributed by atoms with van der Waals surface area (Å²) in [7, 11) is 0. The number of nitrogens with zero attached hydrogens (tertiary/aromatic N) is 5. The molecule has 3 heterocycles. The number of halogens is 3. The van der Waals surface area contributed by atoms with E-state index in [-0.39, 0.29) is 12.1 Å². The molecule has 0 unspecified atom stereocenters. The maximum Gasteiger partial charge on any atom is 0.276 e. The number of nitriles is 1. The van der Waals surface area contributed by atoms with E-state index < -0.39 is 23.7 Å². The van der Waals surface area contributed by atoms with Gasteiger partial charge >= 0.3 is 0 Å². The minimum atomic E-state index is -3.07. The highest BCUT2D eigenvalue weighted by molar-refractivity contribution is 5.65. The summed E-state index contributed by atoms with van der Waals surface area (Å²) in [4.78, 5) is 5.87. The van der Waals surface area contributed by atoms with Gasteiger partial charge in [0, 0.05) is 18.0 Å². The number of benzene rings is 2. The monoisotopic (exact) mass is 433 g/mol. The summed E-state index contributed by atoms with van der Waals surface area (Å²) in [6.45, 7) is 1.56. The summed E-state index contributed by atoms with van der Waals surface area (Å²) in [5, 5.41) is 13.8. The van der Waals surface area contributed by atoms with Gasteiger partial charge in [0.1, 0.15) is 17.7 Å². The number of hydrogen-bond acceptors (Lipinski definition) is 4. The van der Waals surface area contributed by atoms with Gasteiger partial charge in [-0.15, -0.1) is 5.10 Å². The van der Waals surface area contributed by atoms with E-state index in [0.717, 1.165) is 11.6 Å². The number of fused-ring (bicyclic) bond motifs is 1. The molecule has 0 spiro atoms. The average molecular weight is 433 g/mol. The van der Waals surface area contributed by atoms with Crippen LogP contribution >= 0.6 is 0 Å². The van der Waals surface area contributed by atoms with E-state index in [4.69, 9.17) is 0 Å². The molecular weight excluding hydrogens is 415 g/mol. The number of alkyl halides is 2. The number of imidazole rings is 1. The largest absolute Gasteiger partial charge is 0.342 e. The third-order valence-corrected chi connectivity index (χ3v) is 5.90. The summed E-state index contributed by atoms with van der Waals surface area (Å²) in [6, 6.07) is 16.5. The third kappa shape index (κ3) is 3.17. The Kier molecular flexibility index (Phi) is 4.63. The van der Waals surface area contributed by atoms with Crippen molar-refractivity contribution >= 4 is 11.5 Å². The molecule has 0 amide bonds. The summed E-state index contributed by atoms with van der Waals surface area (Å²) >= 11 is 0. The first-order valence-electron chi connectivity index (χ1n) is 10.1. The fraction of sp³-hybridized carbons (Fsp3) is 0.208. The van der Waals surface area contributed by atoms with E-state index in [0.29, 0.717) is 22.7 Å². The van der Waals surface area contributed by atoms with Crippen molar-refractivity contribution in [2.75, 3.05) is 11.4 Å². The van der Waals surface area contributed by atoms with Crippen molar-refractivity contribution in [1.82, 2.24) is 14.6 Å². The van der Waals surface area contributed by atoms with Crippen molar-refractivity contribution in [3.8, 4) is 17.3 Å². The van der Waals surface area contributed by atoms with E-state index in [1.165, 1.54) is 30.0 Å². The van der Waals surface area contributed by atoms with Crippen LogP contribution in [0.25, 0.3) is 16.9 Å². The predicted octanol–water partition coefficient (Wildman–Crippen LogP) is 5.24. The molecule has 8 heteroatoms. The molecule has 160 valence electrons. The lowest BCUT2D eigenvalue weighted by atomic mass is 9.96.